The average Bonchev–Trinajstić information content (AvgIpc) is 2.00. The van der Waals surface area contributed by atoms with Gasteiger partial charge in [-0.1, -0.05) is 20.4 Å². The number of rotatable bonds is 3. The van der Waals surface area contributed by atoms with E-state index in [-0.39, 0.29) is 11.7 Å². The monoisotopic (exact) mass is 153 g/mol. The highest BCUT2D eigenvalue weighted by molar-refractivity contribution is 5.98. The normalized spacial score (nSPS) is 12.5. The first-order chi connectivity index (χ1) is 5.00. The van der Waals surface area contributed by atoms with Crippen LogP contribution in [0.25, 0.3) is 0 Å². The Labute approximate surface area is 67.8 Å². The van der Waals surface area contributed by atoms with Gasteiger partial charge in [-0.15, -0.1) is 5.73 Å². The second-order valence-corrected chi connectivity index (χ2v) is 2.94. The van der Waals surface area contributed by atoms with Gasteiger partial charge >= 0.3 is 0 Å². The third kappa shape index (κ3) is 2.71. The van der Waals surface area contributed by atoms with Gasteiger partial charge in [-0.25, -0.2) is 0 Å². The number of ketones is 1. The third-order valence-electron chi connectivity index (χ3n) is 1.66. The summed E-state index contributed by atoms with van der Waals surface area (Å²) < 4.78 is 0. The molecule has 0 aromatic heterocycles. The Morgan fingerprint density at radius 2 is 2.00 bits per heavy atom. The minimum absolute atomic E-state index is 0.0602. The molecule has 0 aliphatic heterocycles. The lowest BCUT2D eigenvalue weighted by Gasteiger charge is -2.12. The zero-order chi connectivity index (χ0) is 9.02. The summed E-state index contributed by atoms with van der Waals surface area (Å²) in [5, 5.41) is 0. The maximum absolute atomic E-state index is 11.3. The summed E-state index contributed by atoms with van der Waals surface area (Å²) in [6, 6.07) is -0.413. The van der Waals surface area contributed by atoms with Crippen LogP contribution in [0, 0.1) is 5.92 Å². The molecular formula is C9H15NO. The fourth-order valence-corrected chi connectivity index (χ4v) is 0.640. The van der Waals surface area contributed by atoms with Gasteiger partial charge in [-0.2, -0.15) is 0 Å². The summed E-state index contributed by atoms with van der Waals surface area (Å²) in [5.41, 5.74) is 8.66. The summed E-state index contributed by atoms with van der Waals surface area (Å²) in [6.45, 7) is 8.89. The molecule has 0 amide bonds. The molecule has 1 atom stereocenters. The molecule has 62 valence electrons. The van der Waals surface area contributed by atoms with Crippen molar-refractivity contribution >= 4 is 5.78 Å². The van der Waals surface area contributed by atoms with Gasteiger partial charge in [0.25, 0.3) is 0 Å². The van der Waals surface area contributed by atoms with Crippen molar-refractivity contribution in [3.05, 3.63) is 17.9 Å². The van der Waals surface area contributed by atoms with Gasteiger partial charge in [0, 0.05) is 5.57 Å². The summed E-state index contributed by atoms with van der Waals surface area (Å²) >= 11 is 0. The van der Waals surface area contributed by atoms with Crippen molar-refractivity contribution in [2.24, 2.45) is 11.7 Å². The van der Waals surface area contributed by atoms with E-state index in [1.54, 1.807) is 6.92 Å². The smallest absolute Gasteiger partial charge is 0.183 e. The van der Waals surface area contributed by atoms with E-state index in [4.69, 9.17) is 5.73 Å². The Balaban J connectivity index is 4.38. The topological polar surface area (TPSA) is 43.1 Å². The molecule has 0 fully saturated rings. The highest BCUT2D eigenvalue weighted by Gasteiger charge is 2.17. The largest absolute Gasteiger partial charge is 0.321 e. The zero-order valence-corrected chi connectivity index (χ0v) is 7.35. The first-order valence-electron chi connectivity index (χ1n) is 3.67. The standard InChI is InChI=1S/C9H15NO/c1-5-7(4)9(11)8(10)6(2)3/h6,8H,1,10H2,2-4H3/t8-/m0/s1. The molecule has 0 radical (unpaired) electrons. The highest BCUT2D eigenvalue weighted by Crippen LogP contribution is 2.04. The number of carbonyl (C=O) groups is 1. The van der Waals surface area contributed by atoms with Crippen molar-refractivity contribution in [1.29, 1.82) is 0 Å². The van der Waals surface area contributed by atoms with Crippen LogP contribution in [-0.4, -0.2) is 11.8 Å². The molecule has 0 aromatic carbocycles. The third-order valence-corrected chi connectivity index (χ3v) is 1.66. The van der Waals surface area contributed by atoms with Gasteiger partial charge in [0.1, 0.15) is 0 Å². The van der Waals surface area contributed by atoms with Crippen LogP contribution in [0.15, 0.2) is 17.9 Å². The first-order valence-corrected chi connectivity index (χ1v) is 3.67. The van der Waals surface area contributed by atoms with Crippen LogP contribution in [0.1, 0.15) is 20.8 Å². The van der Waals surface area contributed by atoms with Crippen molar-refractivity contribution in [3.8, 4) is 0 Å². The molecular weight excluding hydrogens is 138 g/mol. The fraction of sp³-hybridized carbons (Fsp3) is 0.556. The van der Waals surface area contributed by atoms with Gasteiger partial charge in [0.2, 0.25) is 0 Å². The van der Waals surface area contributed by atoms with E-state index >= 15 is 0 Å². The van der Waals surface area contributed by atoms with Gasteiger partial charge in [-0.05, 0) is 12.8 Å². The molecule has 0 rings (SSSR count). The van der Waals surface area contributed by atoms with Crippen LogP contribution in [0.5, 0.6) is 0 Å². The molecule has 0 saturated carbocycles. The Bertz CT molecular complexity index is 200. The molecule has 0 aromatic rings. The molecule has 0 spiro atoms. The number of nitrogens with two attached hydrogens (primary N) is 1. The SMILES string of the molecule is C=C=C(C)C(=O)[C@@H](N)C(C)C. The highest BCUT2D eigenvalue weighted by atomic mass is 16.1. The molecule has 2 heteroatoms. The Kier molecular flexibility index (Phi) is 3.80. The summed E-state index contributed by atoms with van der Waals surface area (Å²) in [7, 11) is 0. The van der Waals surface area contributed by atoms with Crippen LogP contribution in [0.4, 0.5) is 0 Å². The number of Topliss-reactive ketones (excluding diaryl/α,β-unsaturated/α-hetero) is 1. The number of hydrogen-bond donors (Lipinski definition) is 1. The van der Waals surface area contributed by atoms with Crippen LogP contribution in [0.3, 0.4) is 0 Å². The lowest BCUT2D eigenvalue weighted by molar-refractivity contribution is -0.117. The van der Waals surface area contributed by atoms with E-state index in [1.165, 1.54) is 0 Å². The summed E-state index contributed by atoms with van der Waals surface area (Å²) in [6.07, 6.45) is 0. The second kappa shape index (κ2) is 4.12. The van der Waals surface area contributed by atoms with Gasteiger partial charge in [-0.3, -0.25) is 4.79 Å². The zero-order valence-electron chi connectivity index (χ0n) is 7.35. The van der Waals surface area contributed by atoms with E-state index < -0.39 is 6.04 Å². The van der Waals surface area contributed by atoms with Crippen molar-refractivity contribution in [2.75, 3.05) is 0 Å². The first kappa shape index (κ1) is 10.2. The van der Waals surface area contributed by atoms with E-state index in [9.17, 15) is 4.79 Å². The molecule has 0 saturated heterocycles. The lowest BCUT2D eigenvalue weighted by atomic mass is 9.97. The van der Waals surface area contributed by atoms with Crippen molar-refractivity contribution in [3.63, 3.8) is 0 Å². The van der Waals surface area contributed by atoms with Crippen molar-refractivity contribution < 1.29 is 4.79 Å². The number of hydrogen-bond acceptors (Lipinski definition) is 2. The lowest BCUT2D eigenvalue weighted by Crippen LogP contribution is -2.35. The predicted molar refractivity (Wildman–Crippen MR) is 46.1 cm³/mol. The molecule has 2 N–H and O–H groups in total. The Morgan fingerprint density at radius 3 is 2.27 bits per heavy atom. The molecule has 0 bridgehead atoms. The van der Waals surface area contributed by atoms with Crippen molar-refractivity contribution in [1.82, 2.24) is 0 Å². The fourth-order valence-electron chi connectivity index (χ4n) is 0.640. The Hall–Kier alpha value is -0.850. The van der Waals surface area contributed by atoms with Crippen LogP contribution in [-0.2, 0) is 4.79 Å². The van der Waals surface area contributed by atoms with Crippen molar-refractivity contribution in [2.45, 2.75) is 26.8 Å². The summed E-state index contributed by atoms with van der Waals surface area (Å²) in [4.78, 5) is 11.3. The van der Waals surface area contributed by atoms with Gasteiger partial charge in [0.05, 0.1) is 6.04 Å². The maximum atomic E-state index is 11.3. The van der Waals surface area contributed by atoms with Gasteiger partial charge in [0.15, 0.2) is 5.78 Å². The Morgan fingerprint density at radius 1 is 1.55 bits per heavy atom. The van der Waals surface area contributed by atoms with Crippen LogP contribution in [0.2, 0.25) is 0 Å². The number of carbonyl (C=O) groups excluding carboxylic acids is 1. The minimum Gasteiger partial charge on any atom is -0.321 e. The maximum Gasteiger partial charge on any atom is 0.183 e. The molecule has 0 aliphatic rings. The van der Waals surface area contributed by atoms with Crippen LogP contribution < -0.4 is 5.73 Å². The average molecular weight is 153 g/mol. The van der Waals surface area contributed by atoms with Crippen LogP contribution >= 0.6 is 0 Å². The van der Waals surface area contributed by atoms with E-state index in [1.807, 2.05) is 13.8 Å². The van der Waals surface area contributed by atoms with Gasteiger partial charge < -0.3 is 5.73 Å². The molecule has 0 heterocycles. The molecule has 0 unspecified atom stereocenters. The minimum atomic E-state index is -0.413. The molecule has 11 heavy (non-hydrogen) atoms. The van der Waals surface area contributed by atoms with E-state index in [2.05, 4.69) is 12.3 Å². The molecule has 0 aliphatic carbocycles. The van der Waals surface area contributed by atoms with E-state index in [0.29, 0.717) is 5.57 Å². The predicted octanol–water partition coefficient (Wildman–Crippen LogP) is 1.27. The summed E-state index contributed by atoms with van der Waals surface area (Å²) in [5.74, 6) is 0.112. The molecule has 2 nitrogen and oxygen atoms in total. The quantitative estimate of drug-likeness (QED) is 0.490. The second-order valence-electron chi connectivity index (χ2n) is 2.94. The van der Waals surface area contributed by atoms with E-state index in [0.717, 1.165) is 0 Å².